The minimum absolute atomic E-state index is 0.0510. The smallest absolute Gasteiger partial charge is 0.238 e. The van der Waals surface area contributed by atoms with Gasteiger partial charge < -0.3 is 5.32 Å². The zero-order chi connectivity index (χ0) is 16.2. The topological polar surface area (TPSA) is 89.3 Å². The molecular weight excluding hydrogens is 288 g/mol. The molecule has 0 saturated heterocycles. The predicted octanol–water partition coefficient (Wildman–Crippen LogP) is 1.47. The molecule has 1 aromatic rings. The molecule has 0 aromatic heterocycles. The van der Waals surface area contributed by atoms with Crippen LogP contribution in [-0.4, -0.2) is 26.3 Å². The molecule has 0 fully saturated rings. The zero-order valence-corrected chi connectivity index (χ0v) is 13.8. The highest BCUT2D eigenvalue weighted by atomic mass is 32.2. The van der Waals surface area contributed by atoms with Crippen molar-refractivity contribution in [2.45, 2.75) is 51.1 Å². The first kappa shape index (κ1) is 17.8. The van der Waals surface area contributed by atoms with Gasteiger partial charge in [0.25, 0.3) is 0 Å². The molecule has 0 aliphatic rings. The van der Waals surface area contributed by atoms with Gasteiger partial charge in [0.05, 0.1) is 10.9 Å². The Hall–Kier alpha value is -1.24. The molecule has 0 saturated carbocycles. The zero-order valence-electron chi connectivity index (χ0n) is 13.0. The number of ketones is 1. The van der Waals surface area contributed by atoms with Crippen molar-refractivity contribution in [3.63, 3.8) is 0 Å². The molecule has 0 aliphatic heterocycles. The van der Waals surface area contributed by atoms with Crippen molar-refractivity contribution in [1.82, 2.24) is 5.32 Å². The van der Waals surface area contributed by atoms with Gasteiger partial charge >= 0.3 is 0 Å². The summed E-state index contributed by atoms with van der Waals surface area (Å²) in [4.78, 5) is 12.3. The van der Waals surface area contributed by atoms with Gasteiger partial charge in [0.2, 0.25) is 10.0 Å². The van der Waals surface area contributed by atoms with Gasteiger partial charge in [-0.05, 0) is 24.1 Å². The minimum atomic E-state index is -3.68. The van der Waals surface area contributed by atoms with E-state index in [0.29, 0.717) is 6.42 Å². The number of hydrogen-bond donors (Lipinski definition) is 2. The Morgan fingerprint density at radius 1 is 1.14 bits per heavy atom. The largest absolute Gasteiger partial charge is 0.305 e. The van der Waals surface area contributed by atoms with Crippen molar-refractivity contribution in [1.29, 1.82) is 0 Å². The first-order valence-electron chi connectivity index (χ1n) is 7.02. The lowest BCUT2D eigenvalue weighted by atomic mass is 9.95. The lowest BCUT2D eigenvalue weighted by Gasteiger charge is -2.22. The number of benzene rings is 1. The van der Waals surface area contributed by atoms with Gasteiger partial charge in [-0.2, -0.15) is 0 Å². The molecule has 0 spiro atoms. The van der Waals surface area contributed by atoms with Gasteiger partial charge in [0, 0.05) is 12.0 Å². The van der Waals surface area contributed by atoms with Gasteiger partial charge in [-0.3, -0.25) is 4.79 Å². The Bertz CT molecular complexity index is 577. The second-order valence-electron chi connectivity index (χ2n) is 5.82. The van der Waals surface area contributed by atoms with E-state index in [4.69, 9.17) is 5.14 Å². The molecule has 6 heteroatoms. The average molecular weight is 312 g/mol. The summed E-state index contributed by atoms with van der Waals surface area (Å²) in [6.07, 6.45) is 0.528. The number of hydrogen-bond acceptors (Lipinski definition) is 4. The van der Waals surface area contributed by atoms with E-state index in [0.717, 1.165) is 5.56 Å². The number of nitrogens with one attached hydrogen (secondary N) is 1. The highest BCUT2D eigenvalue weighted by Gasteiger charge is 2.22. The van der Waals surface area contributed by atoms with E-state index in [-0.39, 0.29) is 28.7 Å². The van der Waals surface area contributed by atoms with Crippen molar-refractivity contribution < 1.29 is 13.2 Å². The van der Waals surface area contributed by atoms with E-state index in [1.54, 1.807) is 12.1 Å². The second kappa shape index (κ2) is 7.15. The molecule has 1 rings (SSSR count). The number of carbonyl (C=O) groups is 1. The SMILES string of the molecule is CC(C)N[C@@H](Cc1ccc(S(N)(=O)=O)cc1)C(=O)C(C)C. The number of rotatable bonds is 7. The van der Waals surface area contributed by atoms with Crippen LogP contribution in [0.2, 0.25) is 0 Å². The van der Waals surface area contributed by atoms with E-state index >= 15 is 0 Å². The average Bonchev–Trinajstić information content (AvgIpc) is 2.36. The molecule has 0 amide bonds. The monoisotopic (exact) mass is 312 g/mol. The van der Waals surface area contributed by atoms with Crippen molar-refractivity contribution in [3.8, 4) is 0 Å². The van der Waals surface area contributed by atoms with Gasteiger partial charge in [-0.15, -0.1) is 0 Å². The summed E-state index contributed by atoms with van der Waals surface area (Å²) in [5, 5.41) is 8.33. The van der Waals surface area contributed by atoms with E-state index in [9.17, 15) is 13.2 Å². The summed E-state index contributed by atoms with van der Waals surface area (Å²) < 4.78 is 22.4. The van der Waals surface area contributed by atoms with Crippen LogP contribution in [0.4, 0.5) is 0 Å². The third-order valence-corrected chi connectivity index (χ3v) is 4.07. The maximum Gasteiger partial charge on any atom is 0.238 e. The Labute approximate surface area is 127 Å². The van der Waals surface area contributed by atoms with Crippen LogP contribution in [-0.2, 0) is 21.2 Å². The summed E-state index contributed by atoms with van der Waals surface area (Å²) in [6.45, 7) is 7.73. The summed E-state index contributed by atoms with van der Waals surface area (Å²) in [6, 6.07) is 6.25. The van der Waals surface area contributed by atoms with Crippen LogP contribution in [0.1, 0.15) is 33.3 Å². The molecule has 0 bridgehead atoms. The highest BCUT2D eigenvalue weighted by Crippen LogP contribution is 2.13. The van der Waals surface area contributed by atoms with Crippen molar-refractivity contribution in [3.05, 3.63) is 29.8 Å². The standard InChI is InChI=1S/C15H24N2O3S/c1-10(2)15(18)14(17-11(3)4)9-12-5-7-13(8-6-12)21(16,19)20/h5-8,10-11,14,17H,9H2,1-4H3,(H2,16,19,20)/t14-/m0/s1. The van der Waals surface area contributed by atoms with Crippen LogP contribution in [0.3, 0.4) is 0 Å². The first-order valence-corrected chi connectivity index (χ1v) is 8.57. The molecule has 1 atom stereocenters. The van der Waals surface area contributed by atoms with Crippen molar-refractivity contribution >= 4 is 15.8 Å². The molecular formula is C15H24N2O3S. The maximum absolute atomic E-state index is 12.2. The van der Waals surface area contributed by atoms with E-state index in [2.05, 4.69) is 5.32 Å². The Morgan fingerprint density at radius 2 is 1.67 bits per heavy atom. The van der Waals surface area contributed by atoms with E-state index in [1.807, 2.05) is 27.7 Å². The predicted molar refractivity (Wildman–Crippen MR) is 83.4 cm³/mol. The number of carbonyl (C=O) groups excluding carboxylic acids is 1. The highest BCUT2D eigenvalue weighted by molar-refractivity contribution is 7.89. The summed E-state index contributed by atoms with van der Waals surface area (Å²) in [5.41, 5.74) is 0.898. The Kier molecular flexibility index (Phi) is 6.07. The number of nitrogens with two attached hydrogens (primary N) is 1. The molecule has 5 nitrogen and oxygen atoms in total. The maximum atomic E-state index is 12.2. The normalized spacial score (nSPS) is 13.7. The lowest BCUT2D eigenvalue weighted by molar-refractivity contribution is -0.124. The molecule has 0 heterocycles. The quantitative estimate of drug-likeness (QED) is 0.798. The fourth-order valence-corrected chi connectivity index (χ4v) is 2.61. The van der Waals surface area contributed by atoms with Crippen molar-refractivity contribution in [2.24, 2.45) is 11.1 Å². The molecule has 118 valence electrons. The van der Waals surface area contributed by atoms with Crippen LogP contribution in [0.5, 0.6) is 0 Å². The molecule has 0 aliphatic carbocycles. The Balaban J connectivity index is 2.91. The Morgan fingerprint density at radius 3 is 2.05 bits per heavy atom. The number of Topliss-reactive ketones (excluding diaryl/α,β-unsaturated/α-hetero) is 1. The molecule has 1 aromatic carbocycles. The van der Waals surface area contributed by atoms with Crippen LogP contribution in [0.15, 0.2) is 29.2 Å². The summed E-state index contributed by atoms with van der Waals surface area (Å²) >= 11 is 0. The van der Waals surface area contributed by atoms with Crippen molar-refractivity contribution in [2.75, 3.05) is 0 Å². The first-order chi connectivity index (χ1) is 9.61. The van der Waals surface area contributed by atoms with Crippen LogP contribution >= 0.6 is 0 Å². The van der Waals surface area contributed by atoms with Crippen LogP contribution < -0.4 is 10.5 Å². The van der Waals surface area contributed by atoms with Gasteiger partial charge in [0.1, 0.15) is 0 Å². The fourth-order valence-electron chi connectivity index (χ4n) is 2.10. The second-order valence-corrected chi connectivity index (χ2v) is 7.39. The van der Waals surface area contributed by atoms with Gasteiger partial charge in [-0.25, -0.2) is 13.6 Å². The molecule has 0 unspecified atom stereocenters. The minimum Gasteiger partial charge on any atom is -0.305 e. The van der Waals surface area contributed by atoms with Gasteiger partial charge in [0.15, 0.2) is 5.78 Å². The summed E-state index contributed by atoms with van der Waals surface area (Å²) in [7, 11) is -3.68. The molecule has 21 heavy (non-hydrogen) atoms. The summed E-state index contributed by atoms with van der Waals surface area (Å²) in [5.74, 6) is 0.101. The van der Waals surface area contributed by atoms with Gasteiger partial charge in [-0.1, -0.05) is 39.8 Å². The third kappa shape index (κ3) is 5.57. The van der Waals surface area contributed by atoms with E-state index in [1.165, 1.54) is 12.1 Å². The number of primary sulfonamides is 1. The molecule has 3 N–H and O–H groups in total. The van der Waals surface area contributed by atoms with Crippen LogP contribution in [0, 0.1) is 5.92 Å². The van der Waals surface area contributed by atoms with E-state index < -0.39 is 10.0 Å². The number of sulfonamides is 1. The van der Waals surface area contributed by atoms with Crippen LogP contribution in [0.25, 0.3) is 0 Å². The lowest BCUT2D eigenvalue weighted by Crippen LogP contribution is -2.44. The fraction of sp³-hybridized carbons (Fsp3) is 0.533. The third-order valence-electron chi connectivity index (χ3n) is 3.14. The molecule has 0 radical (unpaired) electrons.